The molecule has 0 aromatic heterocycles. The first-order valence-electron chi connectivity index (χ1n) is 9.25. The monoisotopic (exact) mass is 354 g/mol. The second-order valence-corrected chi connectivity index (χ2v) is 7.22. The molecule has 2 aliphatic rings. The third kappa shape index (κ3) is 4.88. The largest absolute Gasteiger partial charge is 0.378 e. The molecule has 26 heavy (non-hydrogen) atoms. The molecule has 0 bridgehead atoms. The number of nitrogens with zero attached hydrogens (tertiary/aromatic N) is 2. The van der Waals surface area contributed by atoms with Crippen molar-refractivity contribution in [1.29, 1.82) is 0 Å². The summed E-state index contributed by atoms with van der Waals surface area (Å²) in [6.07, 6.45) is 2.45. The van der Waals surface area contributed by atoms with Gasteiger partial charge in [-0.1, -0.05) is 38.1 Å². The molecule has 5 nitrogen and oxygen atoms in total. The van der Waals surface area contributed by atoms with Crippen LogP contribution in [0.4, 0.5) is 0 Å². The molecule has 0 radical (unpaired) electrons. The standard InChI is InChI=1S/C21H26N2O3/c1-15(2)17-5-3-4-16(10-17)11-19(24)12-18-13-20(25)14-21(22-18)23-6-8-26-9-7-23/h3-5,10,14-15H,6-9,11-13H2,1-2H3. The highest BCUT2D eigenvalue weighted by Crippen LogP contribution is 2.19. The number of Topliss-reactive ketones (excluding diaryl/α,β-unsaturated/α-hetero) is 1. The molecule has 138 valence electrons. The third-order valence-corrected chi connectivity index (χ3v) is 4.70. The molecule has 0 saturated carbocycles. The second kappa shape index (κ2) is 8.41. The van der Waals surface area contributed by atoms with Crippen LogP contribution in [0.15, 0.2) is 41.2 Å². The fraction of sp³-hybridized carbons (Fsp3) is 0.476. The lowest BCUT2D eigenvalue weighted by Crippen LogP contribution is -2.36. The maximum Gasteiger partial charge on any atom is 0.164 e. The topological polar surface area (TPSA) is 59.0 Å². The smallest absolute Gasteiger partial charge is 0.164 e. The van der Waals surface area contributed by atoms with Gasteiger partial charge in [-0.3, -0.25) is 9.59 Å². The molecule has 0 N–H and O–H groups in total. The zero-order valence-electron chi connectivity index (χ0n) is 15.5. The molecule has 3 rings (SSSR count). The van der Waals surface area contributed by atoms with Crippen LogP contribution in [0.5, 0.6) is 0 Å². The maximum atomic E-state index is 12.5. The van der Waals surface area contributed by atoms with Crippen LogP contribution in [0.2, 0.25) is 0 Å². The molecule has 1 aromatic carbocycles. The number of morpholine rings is 1. The van der Waals surface area contributed by atoms with Crippen molar-refractivity contribution in [1.82, 2.24) is 4.90 Å². The van der Waals surface area contributed by atoms with Crippen molar-refractivity contribution < 1.29 is 14.3 Å². The molecule has 0 atom stereocenters. The van der Waals surface area contributed by atoms with E-state index in [2.05, 4.69) is 35.9 Å². The highest BCUT2D eigenvalue weighted by molar-refractivity contribution is 6.14. The second-order valence-electron chi connectivity index (χ2n) is 7.22. The van der Waals surface area contributed by atoms with Gasteiger partial charge in [-0.15, -0.1) is 0 Å². The van der Waals surface area contributed by atoms with Crippen LogP contribution in [0.3, 0.4) is 0 Å². The SMILES string of the molecule is CC(C)c1cccc(CC(=O)CC2=NC(N3CCOCC3)=CC(=O)C2)c1. The number of ketones is 2. The summed E-state index contributed by atoms with van der Waals surface area (Å²) in [5.74, 6) is 1.23. The highest BCUT2D eigenvalue weighted by Gasteiger charge is 2.21. The number of allylic oxidation sites excluding steroid dienone is 1. The molecule has 1 aromatic rings. The summed E-state index contributed by atoms with van der Waals surface area (Å²) in [4.78, 5) is 31.2. The first-order valence-corrected chi connectivity index (χ1v) is 9.25. The highest BCUT2D eigenvalue weighted by atomic mass is 16.5. The molecule has 1 saturated heterocycles. The van der Waals surface area contributed by atoms with Gasteiger partial charge in [-0.25, -0.2) is 4.99 Å². The third-order valence-electron chi connectivity index (χ3n) is 4.70. The molecule has 5 heteroatoms. The quantitative estimate of drug-likeness (QED) is 0.788. The fourth-order valence-electron chi connectivity index (χ4n) is 3.27. The number of hydrogen-bond acceptors (Lipinski definition) is 5. The van der Waals surface area contributed by atoms with Crippen molar-refractivity contribution in [2.75, 3.05) is 26.3 Å². The van der Waals surface area contributed by atoms with Crippen LogP contribution >= 0.6 is 0 Å². The van der Waals surface area contributed by atoms with Crippen LogP contribution in [-0.2, 0) is 20.7 Å². The van der Waals surface area contributed by atoms with Gasteiger partial charge in [0.25, 0.3) is 0 Å². The van der Waals surface area contributed by atoms with Gasteiger partial charge in [-0.2, -0.15) is 0 Å². The van der Waals surface area contributed by atoms with Crippen LogP contribution in [-0.4, -0.2) is 48.5 Å². The summed E-state index contributed by atoms with van der Waals surface area (Å²) in [6, 6.07) is 8.16. The lowest BCUT2D eigenvalue weighted by Gasteiger charge is -2.30. The summed E-state index contributed by atoms with van der Waals surface area (Å²) < 4.78 is 5.35. The van der Waals surface area contributed by atoms with Crippen molar-refractivity contribution >= 4 is 17.3 Å². The van der Waals surface area contributed by atoms with E-state index in [1.165, 1.54) is 5.56 Å². The van der Waals surface area contributed by atoms with Crippen molar-refractivity contribution in [3.63, 3.8) is 0 Å². The number of ether oxygens (including phenoxy) is 1. The average molecular weight is 354 g/mol. The van der Waals surface area contributed by atoms with Crippen LogP contribution in [0.25, 0.3) is 0 Å². The molecule has 0 unspecified atom stereocenters. The van der Waals surface area contributed by atoms with Gasteiger partial charge in [0.1, 0.15) is 11.6 Å². The van der Waals surface area contributed by atoms with E-state index in [4.69, 9.17) is 4.74 Å². The lowest BCUT2D eigenvalue weighted by atomic mass is 9.97. The molecule has 0 spiro atoms. The van der Waals surface area contributed by atoms with Gasteiger partial charge in [-0.05, 0) is 17.0 Å². The minimum absolute atomic E-state index is 0.0195. The van der Waals surface area contributed by atoms with Crippen molar-refractivity contribution in [2.45, 2.75) is 39.0 Å². The summed E-state index contributed by atoms with van der Waals surface area (Å²) in [5.41, 5.74) is 2.93. The van der Waals surface area contributed by atoms with Gasteiger partial charge in [0.15, 0.2) is 5.78 Å². The Morgan fingerprint density at radius 2 is 2.00 bits per heavy atom. The predicted molar refractivity (Wildman–Crippen MR) is 101 cm³/mol. The average Bonchev–Trinajstić information content (AvgIpc) is 2.62. The van der Waals surface area contributed by atoms with E-state index in [0.29, 0.717) is 37.1 Å². The normalized spacial score (nSPS) is 18.0. The van der Waals surface area contributed by atoms with Gasteiger partial charge < -0.3 is 9.64 Å². The van der Waals surface area contributed by atoms with Crippen LogP contribution in [0, 0.1) is 0 Å². The predicted octanol–water partition coefficient (Wildman–Crippen LogP) is 2.90. The molecule has 0 aliphatic carbocycles. The maximum absolute atomic E-state index is 12.5. The summed E-state index contributed by atoms with van der Waals surface area (Å²) in [7, 11) is 0. The van der Waals surface area contributed by atoms with E-state index in [1.54, 1.807) is 6.08 Å². The van der Waals surface area contributed by atoms with Gasteiger partial charge in [0, 0.05) is 44.1 Å². The molecule has 2 heterocycles. The number of carbonyl (C=O) groups is 2. The van der Waals surface area contributed by atoms with Crippen molar-refractivity contribution in [2.24, 2.45) is 4.99 Å². The van der Waals surface area contributed by atoms with E-state index >= 15 is 0 Å². The Morgan fingerprint density at radius 1 is 1.23 bits per heavy atom. The Labute approximate surface area is 154 Å². The minimum Gasteiger partial charge on any atom is -0.378 e. The molecule has 1 fully saturated rings. The Balaban J connectivity index is 1.64. The first-order chi connectivity index (χ1) is 12.5. The van der Waals surface area contributed by atoms with E-state index in [-0.39, 0.29) is 24.4 Å². The zero-order chi connectivity index (χ0) is 18.5. The number of hydrogen-bond donors (Lipinski definition) is 0. The first kappa shape index (κ1) is 18.5. The van der Waals surface area contributed by atoms with Crippen LogP contribution in [0.1, 0.15) is 43.7 Å². The van der Waals surface area contributed by atoms with Gasteiger partial charge in [0.05, 0.1) is 13.2 Å². The van der Waals surface area contributed by atoms with Gasteiger partial charge in [0.2, 0.25) is 0 Å². The zero-order valence-corrected chi connectivity index (χ0v) is 15.5. The number of rotatable bonds is 6. The van der Waals surface area contributed by atoms with E-state index in [0.717, 1.165) is 18.7 Å². The van der Waals surface area contributed by atoms with E-state index in [9.17, 15) is 9.59 Å². The lowest BCUT2D eigenvalue weighted by molar-refractivity contribution is -0.117. The minimum atomic E-state index is 0.0195. The van der Waals surface area contributed by atoms with E-state index in [1.807, 2.05) is 12.1 Å². The molecular weight excluding hydrogens is 328 g/mol. The number of aliphatic imine (C=N–C) groups is 1. The van der Waals surface area contributed by atoms with Crippen molar-refractivity contribution in [3.05, 3.63) is 47.3 Å². The Kier molecular flexibility index (Phi) is 5.99. The Bertz CT molecular complexity index is 743. The van der Waals surface area contributed by atoms with Crippen LogP contribution < -0.4 is 0 Å². The Morgan fingerprint density at radius 3 is 2.73 bits per heavy atom. The van der Waals surface area contributed by atoms with Crippen molar-refractivity contribution in [3.8, 4) is 0 Å². The molecule has 0 amide bonds. The molecular formula is C21H26N2O3. The Hall–Kier alpha value is -2.27. The summed E-state index contributed by atoms with van der Waals surface area (Å²) in [5, 5.41) is 0. The van der Waals surface area contributed by atoms with E-state index < -0.39 is 0 Å². The number of carbonyl (C=O) groups excluding carboxylic acids is 2. The summed E-state index contributed by atoms with van der Waals surface area (Å²) >= 11 is 0. The molecule has 2 aliphatic heterocycles. The van der Waals surface area contributed by atoms with Gasteiger partial charge >= 0.3 is 0 Å². The summed E-state index contributed by atoms with van der Waals surface area (Å²) in [6.45, 7) is 7.02. The fourth-order valence-corrected chi connectivity index (χ4v) is 3.27. The number of benzene rings is 1.